The summed E-state index contributed by atoms with van der Waals surface area (Å²) in [5, 5.41) is 11.7. The van der Waals surface area contributed by atoms with Crippen molar-refractivity contribution in [1.82, 2.24) is 4.98 Å². The number of rotatable bonds is 3. The van der Waals surface area contributed by atoms with E-state index in [1.807, 2.05) is 0 Å². The third kappa shape index (κ3) is 3.00. The SMILES string of the molecule is Cc1cc(C(=O)Nc2ccc(C)c(C(=O)O)c2)ccn1. The first-order chi connectivity index (χ1) is 9.47. The number of aryl methyl sites for hydroxylation is 2. The number of carboxylic acid groups (broad SMARTS) is 1. The van der Waals surface area contributed by atoms with Crippen molar-refractivity contribution in [2.24, 2.45) is 0 Å². The van der Waals surface area contributed by atoms with Crippen molar-refractivity contribution in [3.8, 4) is 0 Å². The van der Waals surface area contributed by atoms with Gasteiger partial charge in [-0.3, -0.25) is 9.78 Å². The van der Waals surface area contributed by atoms with Gasteiger partial charge in [0.25, 0.3) is 5.91 Å². The lowest BCUT2D eigenvalue weighted by atomic mass is 10.1. The van der Waals surface area contributed by atoms with Crippen LogP contribution >= 0.6 is 0 Å². The highest BCUT2D eigenvalue weighted by molar-refractivity contribution is 6.04. The van der Waals surface area contributed by atoms with Gasteiger partial charge >= 0.3 is 5.97 Å². The highest BCUT2D eigenvalue weighted by Gasteiger charge is 2.11. The molecule has 0 aliphatic heterocycles. The van der Waals surface area contributed by atoms with Crippen molar-refractivity contribution in [2.75, 3.05) is 5.32 Å². The Bertz CT molecular complexity index is 681. The molecule has 5 heteroatoms. The van der Waals surface area contributed by atoms with Gasteiger partial charge in [0, 0.05) is 23.1 Å². The van der Waals surface area contributed by atoms with Gasteiger partial charge < -0.3 is 10.4 Å². The summed E-state index contributed by atoms with van der Waals surface area (Å²) in [5.74, 6) is -1.31. The maximum Gasteiger partial charge on any atom is 0.336 e. The molecule has 0 fully saturated rings. The summed E-state index contributed by atoms with van der Waals surface area (Å²) < 4.78 is 0. The average molecular weight is 270 g/mol. The maximum atomic E-state index is 12.0. The fourth-order valence-electron chi connectivity index (χ4n) is 1.82. The first-order valence-electron chi connectivity index (χ1n) is 6.05. The monoisotopic (exact) mass is 270 g/mol. The summed E-state index contributed by atoms with van der Waals surface area (Å²) in [6.45, 7) is 3.51. The van der Waals surface area contributed by atoms with Crippen molar-refractivity contribution in [3.63, 3.8) is 0 Å². The van der Waals surface area contributed by atoms with Gasteiger partial charge in [0.05, 0.1) is 5.56 Å². The van der Waals surface area contributed by atoms with E-state index in [4.69, 9.17) is 5.11 Å². The van der Waals surface area contributed by atoms with Gasteiger partial charge in [-0.25, -0.2) is 4.79 Å². The predicted octanol–water partition coefficient (Wildman–Crippen LogP) is 2.65. The summed E-state index contributed by atoms with van der Waals surface area (Å²) in [7, 11) is 0. The molecular weight excluding hydrogens is 256 g/mol. The molecule has 1 aromatic heterocycles. The molecule has 0 spiro atoms. The molecule has 0 atom stereocenters. The van der Waals surface area contributed by atoms with Crippen molar-refractivity contribution in [3.05, 3.63) is 58.9 Å². The van der Waals surface area contributed by atoms with Crippen LogP contribution in [0.5, 0.6) is 0 Å². The van der Waals surface area contributed by atoms with Crippen LogP contribution in [0.3, 0.4) is 0 Å². The van der Waals surface area contributed by atoms with Gasteiger partial charge in [-0.05, 0) is 43.7 Å². The molecule has 2 N–H and O–H groups in total. The molecule has 0 bridgehead atoms. The van der Waals surface area contributed by atoms with E-state index in [1.165, 1.54) is 6.07 Å². The molecule has 102 valence electrons. The van der Waals surface area contributed by atoms with Gasteiger partial charge in [-0.2, -0.15) is 0 Å². The van der Waals surface area contributed by atoms with Crippen LogP contribution in [-0.2, 0) is 0 Å². The summed E-state index contributed by atoms with van der Waals surface area (Å²) in [6, 6.07) is 8.06. The second kappa shape index (κ2) is 5.52. The van der Waals surface area contributed by atoms with Crippen LogP contribution in [0.1, 0.15) is 32.0 Å². The molecule has 2 rings (SSSR count). The fraction of sp³-hybridized carbons (Fsp3) is 0.133. The van der Waals surface area contributed by atoms with E-state index >= 15 is 0 Å². The molecule has 20 heavy (non-hydrogen) atoms. The minimum atomic E-state index is -1.02. The Morgan fingerprint density at radius 1 is 1.15 bits per heavy atom. The van der Waals surface area contributed by atoms with Gasteiger partial charge in [0.15, 0.2) is 0 Å². The number of carbonyl (C=O) groups is 2. The highest BCUT2D eigenvalue weighted by Crippen LogP contribution is 2.16. The lowest BCUT2D eigenvalue weighted by molar-refractivity contribution is 0.0695. The van der Waals surface area contributed by atoms with Crippen LogP contribution in [0, 0.1) is 13.8 Å². The summed E-state index contributed by atoms with van der Waals surface area (Å²) >= 11 is 0. The Morgan fingerprint density at radius 3 is 2.55 bits per heavy atom. The Balaban J connectivity index is 2.24. The van der Waals surface area contributed by atoms with Gasteiger partial charge in [0.1, 0.15) is 0 Å². The first-order valence-corrected chi connectivity index (χ1v) is 6.05. The van der Waals surface area contributed by atoms with E-state index in [1.54, 1.807) is 44.3 Å². The quantitative estimate of drug-likeness (QED) is 0.898. The molecule has 5 nitrogen and oxygen atoms in total. The van der Waals surface area contributed by atoms with Crippen LogP contribution in [0.15, 0.2) is 36.5 Å². The first kappa shape index (κ1) is 13.7. The van der Waals surface area contributed by atoms with Crippen molar-refractivity contribution in [2.45, 2.75) is 13.8 Å². The topological polar surface area (TPSA) is 79.3 Å². The molecule has 0 radical (unpaired) electrons. The largest absolute Gasteiger partial charge is 0.478 e. The zero-order chi connectivity index (χ0) is 14.7. The number of carboxylic acids is 1. The molecule has 0 saturated carbocycles. The van der Waals surface area contributed by atoms with Crippen molar-refractivity contribution >= 4 is 17.6 Å². The molecule has 0 aliphatic rings. The van der Waals surface area contributed by atoms with E-state index in [0.29, 0.717) is 16.8 Å². The molecule has 0 saturated heterocycles. The molecule has 2 aromatic rings. The number of hydrogen-bond acceptors (Lipinski definition) is 3. The second-order valence-corrected chi connectivity index (χ2v) is 4.47. The van der Waals surface area contributed by atoms with E-state index in [-0.39, 0.29) is 11.5 Å². The Hall–Kier alpha value is -2.69. The number of nitrogens with zero attached hydrogens (tertiary/aromatic N) is 1. The number of hydrogen-bond donors (Lipinski definition) is 2. The smallest absolute Gasteiger partial charge is 0.336 e. The van der Waals surface area contributed by atoms with Crippen LogP contribution in [-0.4, -0.2) is 22.0 Å². The minimum Gasteiger partial charge on any atom is -0.478 e. The Morgan fingerprint density at radius 2 is 1.90 bits per heavy atom. The summed E-state index contributed by atoms with van der Waals surface area (Å²) in [6.07, 6.45) is 1.56. The third-order valence-corrected chi connectivity index (χ3v) is 2.88. The standard InChI is InChI=1S/C15H14N2O3/c1-9-3-4-12(8-13(9)15(19)20)17-14(18)11-5-6-16-10(2)7-11/h3-8H,1-2H3,(H,17,18)(H,19,20). The number of amides is 1. The third-order valence-electron chi connectivity index (χ3n) is 2.88. The number of anilines is 1. The number of aromatic carboxylic acids is 1. The molecule has 1 aromatic carbocycles. The fourth-order valence-corrected chi connectivity index (χ4v) is 1.82. The van der Waals surface area contributed by atoms with Crippen molar-refractivity contribution in [1.29, 1.82) is 0 Å². The van der Waals surface area contributed by atoms with Crippen LogP contribution in [0.2, 0.25) is 0 Å². The van der Waals surface area contributed by atoms with E-state index in [0.717, 1.165) is 5.69 Å². The zero-order valence-electron chi connectivity index (χ0n) is 11.2. The molecule has 1 heterocycles. The Labute approximate surface area is 116 Å². The van der Waals surface area contributed by atoms with Crippen LogP contribution in [0.25, 0.3) is 0 Å². The summed E-state index contributed by atoms with van der Waals surface area (Å²) in [4.78, 5) is 27.1. The van der Waals surface area contributed by atoms with E-state index < -0.39 is 5.97 Å². The normalized spacial score (nSPS) is 10.1. The predicted molar refractivity (Wildman–Crippen MR) is 75.1 cm³/mol. The molecule has 0 unspecified atom stereocenters. The van der Waals surface area contributed by atoms with Gasteiger partial charge in [-0.1, -0.05) is 6.07 Å². The number of aromatic nitrogens is 1. The lowest BCUT2D eigenvalue weighted by Crippen LogP contribution is -2.13. The number of pyridine rings is 1. The minimum absolute atomic E-state index is 0.175. The Kier molecular flexibility index (Phi) is 3.79. The zero-order valence-corrected chi connectivity index (χ0v) is 11.2. The van der Waals surface area contributed by atoms with Crippen LogP contribution in [0.4, 0.5) is 5.69 Å². The number of benzene rings is 1. The van der Waals surface area contributed by atoms with Crippen LogP contribution < -0.4 is 5.32 Å². The maximum absolute atomic E-state index is 12.0. The second-order valence-electron chi connectivity index (χ2n) is 4.47. The average Bonchev–Trinajstić information content (AvgIpc) is 2.40. The van der Waals surface area contributed by atoms with Gasteiger partial charge in [-0.15, -0.1) is 0 Å². The molecule has 0 aliphatic carbocycles. The van der Waals surface area contributed by atoms with Gasteiger partial charge in [0.2, 0.25) is 0 Å². The molecular formula is C15H14N2O3. The summed E-state index contributed by atoms with van der Waals surface area (Å²) in [5.41, 5.74) is 2.50. The number of nitrogens with one attached hydrogen (secondary N) is 1. The molecule has 1 amide bonds. The van der Waals surface area contributed by atoms with E-state index in [2.05, 4.69) is 10.3 Å². The lowest BCUT2D eigenvalue weighted by Gasteiger charge is -2.08. The van der Waals surface area contributed by atoms with E-state index in [9.17, 15) is 9.59 Å². The number of carbonyl (C=O) groups excluding carboxylic acids is 1. The highest BCUT2D eigenvalue weighted by atomic mass is 16.4. The van der Waals surface area contributed by atoms with Crippen molar-refractivity contribution < 1.29 is 14.7 Å².